The smallest absolute Gasteiger partial charge is 0.118 e. The van der Waals surface area contributed by atoms with Gasteiger partial charge in [-0.1, -0.05) is 103 Å². The standard InChI is InChI=1S/C30H30O/c1-5-24-10-16-27(17-11-24)30(25-12-6-22(2)7-13-25,26-14-8-23(3)9-15-26)28-18-20-29(31-4)21-19-28/h6-21H,5H2,1-4H3. The molecular formula is C30H30O. The van der Waals surface area contributed by atoms with Crippen molar-refractivity contribution in [2.75, 3.05) is 7.11 Å². The Balaban J connectivity index is 2.08. The van der Waals surface area contributed by atoms with E-state index in [4.69, 9.17) is 4.74 Å². The highest BCUT2D eigenvalue weighted by molar-refractivity contribution is 5.60. The molecule has 0 amide bonds. The molecule has 0 spiro atoms. The lowest BCUT2D eigenvalue weighted by Crippen LogP contribution is -2.31. The molecule has 156 valence electrons. The second-order valence-corrected chi connectivity index (χ2v) is 8.26. The predicted octanol–water partition coefficient (Wildman–Crippen LogP) is 7.26. The molecule has 4 aromatic carbocycles. The molecule has 0 atom stereocenters. The van der Waals surface area contributed by atoms with E-state index in [9.17, 15) is 0 Å². The SMILES string of the molecule is CCc1ccc(C(c2ccc(C)cc2)(c2ccc(C)cc2)c2ccc(OC)cc2)cc1. The first-order chi connectivity index (χ1) is 15.1. The minimum absolute atomic E-state index is 0.417. The Morgan fingerprint density at radius 3 is 1.26 bits per heavy atom. The summed E-state index contributed by atoms with van der Waals surface area (Å²) in [6, 6.07) is 35.6. The molecule has 0 heterocycles. The van der Waals surface area contributed by atoms with Gasteiger partial charge in [0.15, 0.2) is 0 Å². The largest absolute Gasteiger partial charge is 0.497 e. The van der Waals surface area contributed by atoms with Gasteiger partial charge in [-0.25, -0.2) is 0 Å². The molecule has 0 aliphatic rings. The number of methoxy groups -OCH3 is 1. The van der Waals surface area contributed by atoms with Crippen LogP contribution in [0.15, 0.2) is 97.1 Å². The van der Waals surface area contributed by atoms with Crippen LogP contribution in [0, 0.1) is 13.8 Å². The van der Waals surface area contributed by atoms with Crippen LogP contribution < -0.4 is 4.74 Å². The Bertz CT molecular complexity index is 1020. The van der Waals surface area contributed by atoms with E-state index in [0.717, 1.165) is 12.2 Å². The topological polar surface area (TPSA) is 9.23 Å². The number of hydrogen-bond donors (Lipinski definition) is 0. The molecule has 0 radical (unpaired) electrons. The normalized spacial score (nSPS) is 11.4. The Kier molecular flexibility index (Phi) is 5.95. The van der Waals surface area contributed by atoms with Gasteiger partial charge in [0.25, 0.3) is 0 Å². The highest BCUT2D eigenvalue weighted by Gasteiger charge is 2.38. The summed E-state index contributed by atoms with van der Waals surface area (Å²) in [7, 11) is 1.71. The zero-order chi connectivity index (χ0) is 21.8. The maximum atomic E-state index is 5.46. The average molecular weight is 407 g/mol. The van der Waals surface area contributed by atoms with Crippen molar-refractivity contribution in [1.29, 1.82) is 0 Å². The van der Waals surface area contributed by atoms with E-state index >= 15 is 0 Å². The molecule has 0 N–H and O–H groups in total. The van der Waals surface area contributed by atoms with E-state index in [1.165, 1.54) is 38.9 Å². The lowest BCUT2D eigenvalue weighted by atomic mass is 9.65. The van der Waals surface area contributed by atoms with Gasteiger partial charge >= 0.3 is 0 Å². The zero-order valence-electron chi connectivity index (χ0n) is 18.9. The molecule has 0 aliphatic carbocycles. The van der Waals surface area contributed by atoms with Gasteiger partial charge in [-0.3, -0.25) is 0 Å². The maximum Gasteiger partial charge on any atom is 0.118 e. The van der Waals surface area contributed by atoms with Gasteiger partial charge in [0.2, 0.25) is 0 Å². The number of ether oxygens (including phenoxy) is 1. The van der Waals surface area contributed by atoms with Crippen LogP contribution in [0.25, 0.3) is 0 Å². The second-order valence-electron chi connectivity index (χ2n) is 8.26. The van der Waals surface area contributed by atoms with E-state index in [1.807, 2.05) is 0 Å². The third-order valence-corrected chi connectivity index (χ3v) is 6.29. The summed E-state index contributed by atoms with van der Waals surface area (Å²) < 4.78 is 5.46. The van der Waals surface area contributed by atoms with Crippen LogP contribution in [0.4, 0.5) is 0 Å². The van der Waals surface area contributed by atoms with Gasteiger partial charge in [0.1, 0.15) is 5.75 Å². The van der Waals surface area contributed by atoms with Crippen LogP contribution in [0.1, 0.15) is 45.9 Å². The minimum Gasteiger partial charge on any atom is -0.497 e. The molecule has 0 bridgehead atoms. The summed E-state index contributed by atoms with van der Waals surface area (Å²) in [4.78, 5) is 0. The van der Waals surface area contributed by atoms with Crippen LogP contribution in [0.5, 0.6) is 5.75 Å². The Hall–Kier alpha value is -3.32. The van der Waals surface area contributed by atoms with Gasteiger partial charge in [0, 0.05) is 0 Å². The number of hydrogen-bond acceptors (Lipinski definition) is 1. The fourth-order valence-corrected chi connectivity index (χ4v) is 4.44. The first-order valence-electron chi connectivity index (χ1n) is 11.0. The highest BCUT2D eigenvalue weighted by Crippen LogP contribution is 2.45. The van der Waals surface area contributed by atoms with Crippen molar-refractivity contribution in [1.82, 2.24) is 0 Å². The van der Waals surface area contributed by atoms with Crippen LogP contribution >= 0.6 is 0 Å². The van der Waals surface area contributed by atoms with Gasteiger partial charge in [-0.2, -0.15) is 0 Å². The summed E-state index contributed by atoms with van der Waals surface area (Å²) in [6.45, 7) is 6.48. The summed E-state index contributed by atoms with van der Waals surface area (Å²) >= 11 is 0. The zero-order valence-corrected chi connectivity index (χ0v) is 18.9. The van der Waals surface area contributed by atoms with E-state index in [1.54, 1.807) is 7.11 Å². The minimum atomic E-state index is -0.417. The van der Waals surface area contributed by atoms with Gasteiger partial charge in [-0.05, 0) is 60.2 Å². The van der Waals surface area contributed by atoms with Gasteiger partial charge in [0.05, 0.1) is 12.5 Å². The molecule has 4 rings (SSSR count). The van der Waals surface area contributed by atoms with E-state index in [0.29, 0.717) is 0 Å². The summed E-state index contributed by atoms with van der Waals surface area (Å²) in [5, 5.41) is 0. The number of benzene rings is 4. The Labute approximate surface area is 186 Å². The van der Waals surface area contributed by atoms with Gasteiger partial charge < -0.3 is 4.74 Å². The number of rotatable bonds is 6. The predicted molar refractivity (Wildman–Crippen MR) is 130 cm³/mol. The highest BCUT2D eigenvalue weighted by atomic mass is 16.5. The van der Waals surface area contributed by atoms with Crippen molar-refractivity contribution in [2.45, 2.75) is 32.6 Å². The van der Waals surface area contributed by atoms with Crippen molar-refractivity contribution in [3.63, 3.8) is 0 Å². The average Bonchev–Trinajstić information content (AvgIpc) is 2.82. The molecule has 0 saturated heterocycles. The molecule has 0 aliphatic heterocycles. The van der Waals surface area contributed by atoms with Crippen molar-refractivity contribution < 1.29 is 4.74 Å². The monoisotopic (exact) mass is 406 g/mol. The van der Waals surface area contributed by atoms with Crippen molar-refractivity contribution in [3.8, 4) is 5.75 Å². The van der Waals surface area contributed by atoms with Crippen LogP contribution in [-0.4, -0.2) is 7.11 Å². The van der Waals surface area contributed by atoms with E-state index in [2.05, 4.69) is 118 Å². The first-order valence-corrected chi connectivity index (χ1v) is 11.0. The quantitative estimate of drug-likeness (QED) is 0.306. The lowest BCUT2D eigenvalue weighted by Gasteiger charge is -2.37. The second kappa shape index (κ2) is 8.81. The third-order valence-electron chi connectivity index (χ3n) is 6.29. The number of aryl methyl sites for hydroxylation is 3. The van der Waals surface area contributed by atoms with Crippen molar-refractivity contribution >= 4 is 0 Å². The molecule has 1 nitrogen and oxygen atoms in total. The Morgan fingerprint density at radius 1 is 0.548 bits per heavy atom. The van der Waals surface area contributed by atoms with Crippen LogP contribution in [0.2, 0.25) is 0 Å². The van der Waals surface area contributed by atoms with Crippen LogP contribution in [0.3, 0.4) is 0 Å². The van der Waals surface area contributed by atoms with Crippen molar-refractivity contribution in [2.24, 2.45) is 0 Å². The molecule has 31 heavy (non-hydrogen) atoms. The fraction of sp³-hybridized carbons (Fsp3) is 0.200. The summed E-state index contributed by atoms with van der Waals surface area (Å²) in [5.41, 5.74) is 8.47. The molecular weight excluding hydrogens is 376 g/mol. The molecule has 0 aromatic heterocycles. The molecule has 4 aromatic rings. The van der Waals surface area contributed by atoms with Crippen molar-refractivity contribution in [3.05, 3.63) is 136 Å². The first kappa shape index (κ1) is 20.9. The van der Waals surface area contributed by atoms with E-state index in [-0.39, 0.29) is 0 Å². The fourth-order valence-electron chi connectivity index (χ4n) is 4.44. The summed E-state index contributed by atoms with van der Waals surface area (Å²) in [5.74, 6) is 0.867. The van der Waals surface area contributed by atoms with E-state index < -0.39 is 5.41 Å². The maximum absolute atomic E-state index is 5.46. The Morgan fingerprint density at radius 2 is 0.903 bits per heavy atom. The lowest BCUT2D eigenvalue weighted by molar-refractivity contribution is 0.414. The van der Waals surface area contributed by atoms with Crippen LogP contribution in [-0.2, 0) is 11.8 Å². The third kappa shape index (κ3) is 3.88. The molecule has 0 saturated carbocycles. The van der Waals surface area contributed by atoms with Gasteiger partial charge in [-0.15, -0.1) is 0 Å². The molecule has 1 heteroatoms. The molecule has 0 unspecified atom stereocenters. The summed E-state index contributed by atoms with van der Waals surface area (Å²) in [6.07, 6.45) is 1.03. The molecule has 0 fully saturated rings.